The number of nitrogens with one attached hydrogen (secondary N) is 1. The molecule has 3 nitrogen and oxygen atoms in total. The van der Waals surface area contributed by atoms with Gasteiger partial charge in [-0.1, -0.05) is 0 Å². The summed E-state index contributed by atoms with van der Waals surface area (Å²) in [5.41, 5.74) is 0.132. The van der Waals surface area contributed by atoms with Gasteiger partial charge in [0.25, 0.3) is 0 Å². The fourth-order valence-electron chi connectivity index (χ4n) is 1.10. The Morgan fingerprint density at radius 1 is 1.40 bits per heavy atom. The van der Waals surface area contributed by atoms with Gasteiger partial charge in [0.2, 0.25) is 0 Å². The largest absolute Gasteiger partial charge is 0.505 e. The zero-order chi connectivity index (χ0) is 11.4. The first-order chi connectivity index (χ1) is 7.04. The highest BCUT2D eigenvalue weighted by Crippen LogP contribution is 2.22. The fourth-order valence-corrected chi connectivity index (χ4v) is 1.10. The minimum atomic E-state index is -0.983. The molecule has 0 aliphatic carbocycles. The minimum absolute atomic E-state index is 0.0848. The van der Waals surface area contributed by atoms with Crippen LogP contribution in [0.15, 0.2) is 12.1 Å². The molecule has 0 unspecified atom stereocenters. The van der Waals surface area contributed by atoms with Crippen molar-refractivity contribution >= 4 is 0 Å². The van der Waals surface area contributed by atoms with Crippen LogP contribution in [0.3, 0.4) is 0 Å². The van der Waals surface area contributed by atoms with Crippen molar-refractivity contribution in [1.29, 1.82) is 0 Å². The van der Waals surface area contributed by atoms with E-state index in [4.69, 9.17) is 5.11 Å². The smallest absolute Gasteiger partial charge is 0.168 e. The lowest BCUT2D eigenvalue weighted by Crippen LogP contribution is -2.28. The third-order valence-corrected chi connectivity index (χ3v) is 2.02. The van der Waals surface area contributed by atoms with Gasteiger partial charge in [-0.05, 0) is 13.0 Å². The average molecular weight is 217 g/mol. The zero-order valence-electron chi connectivity index (χ0n) is 8.30. The van der Waals surface area contributed by atoms with Crippen molar-refractivity contribution < 1.29 is 19.0 Å². The monoisotopic (exact) mass is 217 g/mol. The van der Waals surface area contributed by atoms with Crippen molar-refractivity contribution in [3.63, 3.8) is 0 Å². The van der Waals surface area contributed by atoms with Crippen molar-refractivity contribution in [2.45, 2.75) is 19.5 Å². The summed E-state index contributed by atoms with van der Waals surface area (Å²) in [5.74, 6) is -2.28. The maximum Gasteiger partial charge on any atom is 0.168 e. The highest BCUT2D eigenvalue weighted by atomic mass is 19.1. The Labute approximate surface area is 86.4 Å². The Balaban J connectivity index is 2.76. The predicted molar refractivity (Wildman–Crippen MR) is 51.4 cm³/mol. The number of aromatic hydroxyl groups is 1. The first-order valence-corrected chi connectivity index (χ1v) is 4.55. The maximum atomic E-state index is 12.9. The number of hydrogen-bond donors (Lipinski definition) is 3. The highest BCUT2D eigenvalue weighted by molar-refractivity contribution is 5.34. The van der Waals surface area contributed by atoms with E-state index in [0.29, 0.717) is 6.07 Å². The first-order valence-electron chi connectivity index (χ1n) is 4.55. The van der Waals surface area contributed by atoms with Gasteiger partial charge in [0.05, 0.1) is 6.61 Å². The molecule has 0 saturated heterocycles. The quantitative estimate of drug-likeness (QED) is 0.709. The molecule has 0 aromatic heterocycles. The van der Waals surface area contributed by atoms with Gasteiger partial charge in [-0.25, -0.2) is 8.78 Å². The number of aliphatic hydroxyl groups is 1. The van der Waals surface area contributed by atoms with Crippen LogP contribution in [0.2, 0.25) is 0 Å². The average Bonchev–Trinajstić information content (AvgIpc) is 2.20. The molecule has 0 aliphatic rings. The maximum absolute atomic E-state index is 12.9. The van der Waals surface area contributed by atoms with Crippen molar-refractivity contribution in [2.24, 2.45) is 0 Å². The molecule has 0 saturated carbocycles. The topological polar surface area (TPSA) is 52.5 Å². The number of hydrogen-bond acceptors (Lipinski definition) is 3. The van der Waals surface area contributed by atoms with Gasteiger partial charge in [-0.15, -0.1) is 0 Å². The van der Waals surface area contributed by atoms with E-state index in [1.807, 2.05) is 0 Å². The lowest BCUT2D eigenvalue weighted by Gasteiger charge is -2.11. The van der Waals surface area contributed by atoms with E-state index in [1.54, 1.807) is 6.92 Å². The number of rotatable bonds is 4. The number of phenols is 1. The molecule has 3 N–H and O–H groups in total. The lowest BCUT2D eigenvalue weighted by molar-refractivity contribution is 0.250. The van der Waals surface area contributed by atoms with Crippen LogP contribution in [-0.4, -0.2) is 22.9 Å². The molecule has 1 aromatic carbocycles. The molecule has 1 aromatic rings. The number of phenolic OH excluding ortho intramolecular Hbond substituents is 1. The molecule has 1 rings (SSSR count). The van der Waals surface area contributed by atoms with Crippen molar-refractivity contribution in [3.05, 3.63) is 29.3 Å². The van der Waals surface area contributed by atoms with Crippen molar-refractivity contribution in [3.8, 4) is 5.75 Å². The molecule has 5 heteroatoms. The summed E-state index contributed by atoms with van der Waals surface area (Å²) in [6.07, 6.45) is 0. The summed E-state index contributed by atoms with van der Waals surface area (Å²) in [6.45, 7) is 1.73. The van der Waals surface area contributed by atoms with Gasteiger partial charge in [-0.2, -0.15) is 0 Å². The summed E-state index contributed by atoms with van der Waals surface area (Å²) in [6, 6.07) is 1.47. The number of aliphatic hydroxyl groups excluding tert-OH is 1. The second-order valence-electron chi connectivity index (χ2n) is 3.36. The zero-order valence-corrected chi connectivity index (χ0v) is 8.30. The van der Waals surface area contributed by atoms with E-state index in [9.17, 15) is 13.9 Å². The highest BCUT2D eigenvalue weighted by Gasteiger charge is 2.10. The SMILES string of the molecule is C[C@H](CO)NCc1cc(F)cc(F)c1O. The first kappa shape index (κ1) is 11.9. The van der Waals surface area contributed by atoms with E-state index in [2.05, 4.69) is 5.32 Å². The van der Waals surface area contributed by atoms with Crippen LogP contribution in [0.1, 0.15) is 12.5 Å². The summed E-state index contributed by atoms with van der Waals surface area (Å²) in [7, 11) is 0. The third kappa shape index (κ3) is 3.14. The summed E-state index contributed by atoms with van der Waals surface area (Å²) < 4.78 is 25.7. The Bertz CT molecular complexity index is 344. The second-order valence-corrected chi connectivity index (χ2v) is 3.36. The Morgan fingerprint density at radius 3 is 2.67 bits per heavy atom. The van der Waals surface area contributed by atoms with Gasteiger partial charge in [0, 0.05) is 24.2 Å². The van der Waals surface area contributed by atoms with Crippen LogP contribution in [0, 0.1) is 11.6 Å². The summed E-state index contributed by atoms with van der Waals surface area (Å²) >= 11 is 0. The predicted octanol–water partition coefficient (Wildman–Crippen LogP) is 1.14. The third-order valence-electron chi connectivity index (χ3n) is 2.02. The van der Waals surface area contributed by atoms with E-state index in [1.165, 1.54) is 0 Å². The molecule has 0 spiro atoms. The van der Waals surface area contributed by atoms with Crippen LogP contribution in [-0.2, 0) is 6.54 Å². The lowest BCUT2D eigenvalue weighted by atomic mass is 10.1. The molecule has 15 heavy (non-hydrogen) atoms. The van der Waals surface area contributed by atoms with Crippen LogP contribution in [0.25, 0.3) is 0 Å². The Morgan fingerprint density at radius 2 is 2.07 bits per heavy atom. The van der Waals surface area contributed by atoms with E-state index in [0.717, 1.165) is 6.07 Å². The van der Waals surface area contributed by atoms with Gasteiger partial charge < -0.3 is 15.5 Å². The molecule has 0 fully saturated rings. The molecule has 1 atom stereocenters. The number of benzene rings is 1. The van der Waals surface area contributed by atoms with E-state index in [-0.39, 0.29) is 24.8 Å². The molecule has 0 aliphatic heterocycles. The van der Waals surface area contributed by atoms with Gasteiger partial charge in [0.15, 0.2) is 11.6 Å². The van der Waals surface area contributed by atoms with Crippen LogP contribution >= 0.6 is 0 Å². The van der Waals surface area contributed by atoms with Crippen LogP contribution in [0.4, 0.5) is 8.78 Å². The molecule has 0 amide bonds. The number of halogens is 2. The van der Waals surface area contributed by atoms with Crippen LogP contribution in [0.5, 0.6) is 5.75 Å². The van der Waals surface area contributed by atoms with E-state index >= 15 is 0 Å². The Kier molecular flexibility index (Phi) is 3.99. The van der Waals surface area contributed by atoms with Gasteiger partial charge in [-0.3, -0.25) is 0 Å². The van der Waals surface area contributed by atoms with Crippen molar-refractivity contribution in [1.82, 2.24) is 5.32 Å². The minimum Gasteiger partial charge on any atom is -0.505 e. The Hall–Kier alpha value is -1.20. The summed E-state index contributed by atoms with van der Waals surface area (Å²) in [4.78, 5) is 0. The van der Waals surface area contributed by atoms with E-state index < -0.39 is 17.4 Å². The summed E-state index contributed by atoms with van der Waals surface area (Å²) in [5, 5.41) is 20.8. The van der Waals surface area contributed by atoms with Gasteiger partial charge >= 0.3 is 0 Å². The van der Waals surface area contributed by atoms with Crippen LogP contribution < -0.4 is 5.32 Å². The second kappa shape index (κ2) is 5.04. The molecular formula is C10H13F2NO2. The molecule has 0 radical (unpaired) electrons. The standard InChI is InChI=1S/C10H13F2NO2/c1-6(5-14)13-4-7-2-8(11)3-9(12)10(7)15/h2-3,6,13-15H,4-5H2,1H3/t6-/m1/s1. The van der Waals surface area contributed by atoms with Crippen molar-refractivity contribution in [2.75, 3.05) is 6.61 Å². The molecular weight excluding hydrogens is 204 g/mol. The molecule has 0 heterocycles. The normalized spacial score (nSPS) is 12.8. The van der Waals surface area contributed by atoms with Gasteiger partial charge in [0.1, 0.15) is 5.82 Å². The molecule has 0 bridgehead atoms. The fraction of sp³-hybridized carbons (Fsp3) is 0.400. The molecule has 84 valence electrons.